The summed E-state index contributed by atoms with van der Waals surface area (Å²) < 4.78 is 1.57. The fraction of sp³-hybridized carbons (Fsp3) is 0.204. The molecule has 0 aliphatic rings. The summed E-state index contributed by atoms with van der Waals surface area (Å²) in [5.41, 5.74) is 1.89. The van der Waals surface area contributed by atoms with Crippen LogP contribution in [0.5, 0.6) is 11.5 Å². The quantitative estimate of drug-likeness (QED) is 0.0596. The Labute approximate surface area is 336 Å². The fourth-order valence-corrected chi connectivity index (χ4v) is 12.8. The van der Waals surface area contributed by atoms with Crippen molar-refractivity contribution >= 4 is 29.1 Å². The van der Waals surface area contributed by atoms with Gasteiger partial charge in [0.05, 0.1) is 22.4 Å². The van der Waals surface area contributed by atoms with Gasteiger partial charge in [-0.25, -0.2) is 9.67 Å². The van der Waals surface area contributed by atoms with Gasteiger partial charge in [0.15, 0.2) is 11.6 Å². The predicted molar refractivity (Wildman–Crippen MR) is 236 cm³/mol. The molecule has 0 aliphatic heterocycles. The van der Waals surface area contributed by atoms with Gasteiger partial charge in [0.2, 0.25) is 0 Å². The number of rotatable bonds is 18. The van der Waals surface area contributed by atoms with E-state index in [0.717, 1.165) is 19.3 Å². The zero-order valence-corrected chi connectivity index (χ0v) is 33.3. The summed E-state index contributed by atoms with van der Waals surface area (Å²) >= 11 is 0. The third kappa shape index (κ3) is 9.17. The third-order valence-corrected chi connectivity index (χ3v) is 15.9. The molecule has 0 fully saturated rings. The van der Waals surface area contributed by atoms with Crippen molar-refractivity contribution in [2.75, 3.05) is 12.7 Å². The van der Waals surface area contributed by atoms with Crippen LogP contribution in [0.25, 0.3) is 28.5 Å². The fourth-order valence-electron chi connectivity index (χ4n) is 7.92. The van der Waals surface area contributed by atoms with E-state index in [2.05, 4.69) is 96.3 Å². The number of hydrogen-bond acceptors (Lipinski definition) is 5. The molecule has 57 heavy (non-hydrogen) atoms. The van der Waals surface area contributed by atoms with Crippen LogP contribution in [-0.2, 0) is 0 Å². The van der Waals surface area contributed by atoms with Crippen LogP contribution in [0.15, 0.2) is 164 Å². The van der Waals surface area contributed by atoms with E-state index in [1.807, 2.05) is 24.3 Å². The topological polar surface area (TPSA) is 100 Å². The normalized spacial score (nSPS) is 11.6. The Morgan fingerprint density at radius 3 is 1.54 bits per heavy atom. The van der Waals surface area contributed by atoms with Crippen molar-refractivity contribution in [3.05, 3.63) is 169 Å². The minimum Gasteiger partial charge on any atom is -0.507 e. The molecule has 0 bridgehead atoms. The van der Waals surface area contributed by atoms with Crippen LogP contribution >= 0.6 is 7.26 Å². The first kappa shape index (κ1) is 39.2. The van der Waals surface area contributed by atoms with E-state index in [1.54, 1.807) is 53.2 Å². The molecule has 7 rings (SSSR count). The van der Waals surface area contributed by atoms with Crippen LogP contribution in [0, 0.1) is 0 Å². The first-order chi connectivity index (χ1) is 28.1. The molecular formula is C49H51N4O3P. The number of para-hydroxylation sites is 3. The number of amides is 1. The molecule has 1 aromatic heterocycles. The largest absolute Gasteiger partial charge is 0.507 e. The molecule has 290 valence electrons. The number of benzene rings is 6. The van der Waals surface area contributed by atoms with E-state index in [4.69, 9.17) is 10.1 Å². The van der Waals surface area contributed by atoms with Gasteiger partial charge in [-0.1, -0.05) is 36.4 Å². The zero-order valence-electron chi connectivity index (χ0n) is 32.3. The maximum Gasteiger partial charge on any atom is 0.185 e. The van der Waals surface area contributed by atoms with E-state index < -0.39 is 7.26 Å². The van der Waals surface area contributed by atoms with Gasteiger partial charge in [-0.15, -0.1) is 5.10 Å². The van der Waals surface area contributed by atoms with Gasteiger partial charge in [-0.2, -0.15) is 0 Å². The van der Waals surface area contributed by atoms with Gasteiger partial charge in [0, 0.05) is 0 Å². The van der Waals surface area contributed by atoms with Gasteiger partial charge in [0.25, 0.3) is 0 Å². The first-order valence-corrected chi connectivity index (χ1v) is 22.3. The van der Waals surface area contributed by atoms with Gasteiger partial charge in [-0.3, -0.25) is 4.79 Å². The van der Waals surface area contributed by atoms with Crippen LogP contribution < -0.4 is 21.2 Å². The maximum atomic E-state index is 13.6. The Balaban J connectivity index is 0.912. The molecule has 0 saturated carbocycles. The second-order valence-electron chi connectivity index (χ2n) is 14.6. The molecule has 0 atom stereocenters. The number of carbonyl (C=O) groups excluding carboxylic acids is 1. The summed E-state index contributed by atoms with van der Waals surface area (Å²) in [5.74, 6) is 0.516. The smallest absolute Gasteiger partial charge is 0.185 e. The minimum atomic E-state index is -2.17. The van der Waals surface area contributed by atoms with Crippen LogP contribution in [0.1, 0.15) is 61.7 Å². The number of aromatic nitrogens is 3. The van der Waals surface area contributed by atoms with E-state index in [-0.39, 0.29) is 23.2 Å². The summed E-state index contributed by atoms with van der Waals surface area (Å²) in [6, 6.07) is 54.5. The third-order valence-electron chi connectivity index (χ3n) is 10.8. The number of phenolic OH excluding ortho intramolecular Hbond substituents is 2. The average Bonchev–Trinajstić information content (AvgIpc) is 3.70. The molecule has 1 amide bonds. The Kier molecular flexibility index (Phi) is 13.2. The van der Waals surface area contributed by atoms with Crippen LogP contribution in [0.3, 0.4) is 0 Å². The van der Waals surface area contributed by atoms with Gasteiger partial charge < -0.3 is 10.2 Å². The molecule has 6 aromatic carbocycles. The van der Waals surface area contributed by atoms with E-state index in [1.165, 1.54) is 54.2 Å². The molecule has 0 aliphatic carbocycles. The summed E-state index contributed by atoms with van der Waals surface area (Å²) in [6.07, 6.45) is 10.4. The van der Waals surface area contributed by atoms with Crippen molar-refractivity contribution in [2.45, 2.75) is 51.4 Å². The summed E-state index contributed by atoms with van der Waals surface area (Å²) in [6.45, 7) is 0.575. The number of unbranched alkanes of at least 4 members (excludes halogenated alkanes) is 7. The molecule has 0 unspecified atom stereocenters. The Bertz CT molecular complexity index is 2250. The molecular weight excluding hydrogens is 724 g/mol. The van der Waals surface area contributed by atoms with Crippen molar-refractivity contribution < 1.29 is 15.0 Å². The molecule has 8 heteroatoms. The van der Waals surface area contributed by atoms with Crippen LogP contribution in [0.2, 0.25) is 0 Å². The molecule has 0 spiro atoms. The van der Waals surface area contributed by atoms with Gasteiger partial charge >= 0.3 is 189 Å². The monoisotopic (exact) mass is 774 g/mol. The van der Waals surface area contributed by atoms with E-state index in [9.17, 15) is 15.0 Å². The molecule has 7 aromatic rings. The first-order valence-electron chi connectivity index (χ1n) is 20.1. The molecule has 1 heterocycles. The number of carbonyl (C=O) groups is 1. The number of phenols is 2. The van der Waals surface area contributed by atoms with Crippen LogP contribution in [0.4, 0.5) is 0 Å². The Hall–Kier alpha value is -6.04. The average molecular weight is 775 g/mol. The SMILES string of the molecule is O=C(NCCCCCCCCCC[PH](c1ccccc1)(c1ccccc1)c1ccccc1)c1ccccc1-n1nc(-c2ccccc2O)nc1-c1ccccc1O. The summed E-state index contributed by atoms with van der Waals surface area (Å²) in [7, 11) is -2.17. The van der Waals surface area contributed by atoms with Gasteiger partial charge in [-0.05, 0) is 36.4 Å². The van der Waals surface area contributed by atoms with Crippen molar-refractivity contribution in [2.24, 2.45) is 0 Å². The predicted octanol–water partition coefficient (Wildman–Crippen LogP) is 9.59. The number of hydrogen-bond donors (Lipinski definition) is 3. The molecule has 0 radical (unpaired) electrons. The summed E-state index contributed by atoms with van der Waals surface area (Å²) in [4.78, 5) is 18.3. The second-order valence-corrected chi connectivity index (χ2v) is 18.6. The maximum absolute atomic E-state index is 13.6. The van der Waals surface area contributed by atoms with Crippen molar-refractivity contribution in [3.63, 3.8) is 0 Å². The molecule has 0 saturated heterocycles. The standard InChI is InChI=1S/C49H51N4O3P/c54-45-34-20-17-31-42(45)47-51-48(43-32-18-21-35-46(43)55)53(52-47)44-33-19-16-30-41(44)49(56)50-36-22-5-3-1-2-4-6-23-37-57(38-24-10-7-11-25-38,39-26-12-8-13-27-39)40-28-14-9-15-29-40/h7-21,24-35,54-55,57H,1-6,22-23,36-37H2,(H,50,56). The van der Waals surface area contributed by atoms with Crippen molar-refractivity contribution in [1.82, 2.24) is 20.1 Å². The summed E-state index contributed by atoms with van der Waals surface area (Å²) in [5, 5.41) is 33.6. The minimum absolute atomic E-state index is 0.0368. The number of nitrogens with zero attached hydrogens (tertiary/aromatic N) is 3. The number of nitrogens with one attached hydrogen (secondary N) is 1. The Morgan fingerprint density at radius 1 is 0.526 bits per heavy atom. The van der Waals surface area contributed by atoms with Crippen molar-refractivity contribution in [3.8, 4) is 40.0 Å². The Morgan fingerprint density at radius 2 is 0.982 bits per heavy atom. The number of aromatic hydroxyl groups is 2. The van der Waals surface area contributed by atoms with Crippen molar-refractivity contribution in [1.29, 1.82) is 0 Å². The van der Waals surface area contributed by atoms with E-state index >= 15 is 0 Å². The van der Waals surface area contributed by atoms with Crippen LogP contribution in [-0.4, -0.2) is 43.6 Å². The second kappa shape index (κ2) is 19.2. The zero-order chi connectivity index (χ0) is 39.3. The van der Waals surface area contributed by atoms with Gasteiger partial charge in [0.1, 0.15) is 11.5 Å². The molecule has 7 nitrogen and oxygen atoms in total. The van der Waals surface area contributed by atoms with E-state index in [0.29, 0.717) is 34.7 Å². The molecule has 3 N–H and O–H groups in total.